The standard InChI is InChI=1S/C22H29FN2O5S/c1-6-16(4)25(22(26)24-15(2)3)14-17-7-12-20(29-5)21(13-17)30-31(27,28)19-10-8-18(23)9-11-19/h7-13,15-16H,6,14H2,1-5H3,(H,24,26)/t16-/m1/s1. The Hall–Kier alpha value is -2.81. The first-order chi connectivity index (χ1) is 14.6. The number of rotatable bonds is 9. The van der Waals surface area contributed by atoms with Crippen LogP contribution in [0.4, 0.5) is 9.18 Å². The number of nitrogens with zero attached hydrogens (tertiary/aromatic N) is 1. The number of carbonyl (C=O) groups is 1. The summed E-state index contributed by atoms with van der Waals surface area (Å²) in [6.07, 6.45) is 0.754. The maximum atomic E-state index is 13.1. The fraction of sp³-hybridized carbons (Fsp3) is 0.409. The van der Waals surface area contributed by atoms with Gasteiger partial charge in [0.05, 0.1) is 7.11 Å². The van der Waals surface area contributed by atoms with Crippen molar-refractivity contribution in [1.29, 1.82) is 0 Å². The number of urea groups is 1. The van der Waals surface area contributed by atoms with Crippen molar-refractivity contribution in [2.75, 3.05) is 7.11 Å². The molecule has 0 saturated heterocycles. The maximum absolute atomic E-state index is 13.1. The number of hydrogen-bond acceptors (Lipinski definition) is 5. The summed E-state index contributed by atoms with van der Waals surface area (Å²) >= 11 is 0. The minimum absolute atomic E-state index is 0.0160. The van der Waals surface area contributed by atoms with Gasteiger partial charge in [-0.15, -0.1) is 0 Å². The number of halogens is 1. The lowest BCUT2D eigenvalue weighted by Gasteiger charge is -2.30. The summed E-state index contributed by atoms with van der Waals surface area (Å²) < 4.78 is 48.9. The van der Waals surface area contributed by atoms with E-state index in [0.717, 1.165) is 30.7 Å². The Kier molecular flexibility index (Phi) is 8.27. The first kappa shape index (κ1) is 24.5. The highest BCUT2D eigenvalue weighted by molar-refractivity contribution is 7.87. The number of methoxy groups -OCH3 is 1. The average molecular weight is 453 g/mol. The molecule has 0 bridgehead atoms. The normalized spacial score (nSPS) is 12.4. The van der Waals surface area contributed by atoms with Crippen LogP contribution in [0.15, 0.2) is 47.4 Å². The van der Waals surface area contributed by atoms with Crippen LogP contribution in [-0.4, -0.2) is 38.5 Å². The van der Waals surface area contributed by atoms with E-state index >= 15 is 0 Å². The lowest BCUT2D eigenvalue weighted by molar-refractivity contribution is 0.171. The highest BCUT2D eigenvalue weighted by atomic mass is 32.2. The molecule has 2 aromatic carbocycles. The van der Waals surface area contributed by atoms with Crippen molar-refractivity contribution in [3.63, 3.8) is 0 Å². The molecule has 0 unspecified atom stereocenters. The van der Waals surface area contributed by atoms with Crippen molar-refractivity contribution in [3.8, 4) is 11.5 Å². The van der Waals surface area contributed by atoms with Gasteiger partial charge < -0.3 is 19.1 Å². The molecule has 0 fully saturated rings. The summed E-state index contributed by atoms with van der Waals surface area (Å²) in [6, 6.07) is 8.93. The first-order valence-corrected chi connectivity index (χ1v) is 11.4. The molecule has 0 aliphatic heterocycles. The van der Waals surface area contributed by atoms with E-state index in [4.69, 9.17) is 8.92 Å². The third-order valence-corrected chi connectivity index (χ3v) is 5.93. The lowest BCUT2D eigenvalue weighted by atomic mass is 10.1. The van der Waals surface area contributed by atoms with Crippen molar-refractivity contribution in [3.05, 3.63) is 53.8 Å². The van der Waals surface area contributed by atoms with Crippen molar-refractivity contribution in [2.45, 2.75) is 57.6 Å². The summed E-state index contributed by atoms with van der Waals surface area (Å²) in [4.78, 5) is 14.1. The number of nitrogens with one attached hydrogen (secondary N) is 1. The molecule has 31 heavy (non-hydrogen) atoms. The Balaban J connectivity index is 2.34. The molecule has 1 atom stereocenters. The van der Waals surface area contributed by atoms with Crippen LogP contribution in [0.1, 0.15) is 39.7 Å². The molecule has 0 saturated carbocycles. The second-order valence-corrected chi connectivity index (χ2v) is 9.01. The monoisotopic (exact) mass is 452 g/mol. The summed E-state index contributed by atoms with van der Waals surface area (Å²) in [5.74, 6) is -0.350. The van der Waals surface area contributed by atoms with E-state index in [2.05, 4.69) is 5.32 Å². The summed E-state index contributed by atoms with van der Waals surface area (Å²) in [5.41, 5.74) is 0.671. The molecule has 2 aromatic rings. The molecule has 170 valence electrons. The van der Waals surface area contributed by atoms with Crippen molar-refractivity contribution in [2.24, 2.45) is 0 Å². The molecule has 2 amide bonds. The number of hydrogen-bond donors (Lipinski definition) is 1. The molecule has 0 aliphatic rings. The average Bonchev–Trinajstić information content (AvgIpc) is 2.71. The zero-order chi connectivity index (χ0) is 23.2. The molecule has 0 heterocycles. The van der Waals surface area contributed by atoms with Gasteiger partial charge in [0.15, 0.2) is 11.5 Å². The second kappa shape index (κ2) is 10.5. The van der Waals surface area contributed by atoms with E-state index < -0.39 is 15.9 Å². The van der Waals surface area contributed by atoms with E-state index in [1.165, 1.54) is 13.2 Å². The predicted octanol–water partition coefficient (Wildman–Crippen LogP) is 4.32. The Morgan fingerprint density at radius 1 is 1.10 bits per heavy atom. The smallest absolute Gasteiger partial charge is 0.339 e. The molecule has 0 aromatic heterocycles. The molecule has 0 spiro atoms. The van der Waals surface area contributed by atoms with Gasteiger partial charge in [0.25, 0.3) is 0 Å². The van der Waals surface area contributed by atoms with Crippen LogP contribution >= 0.6 is 0 Å². The van der Waals surface area contributed by atoms with Gasteiger partial charge in [-0.25, -0.2) is 9.18 Å². The molecular formula is C22H29FN2O5S. The highest BCUT2D eigenvalue weighted by Gasteiger charge is 2.23. The molecular weight excluding hydrogens is 423 g/mol. The summed E-state index contributed by atoms with van der Waals surface area (Å²) in [5, 5.41) is 2.88. The van der Waals surface area contributed by atoms with Gasteiger partial charge in [0.1, 0.15) is 10.7 Å². The Labute approximate surface area is 183 Å². The fourth-order valence-corrected chi connectivity index (χ4v) is 3.76. The van der Waals surface area contributed by atoms with Gasteiger partial charge in [-0.1, -0.05) is 13.0 Å². The fourth-order valence-electron chi connectivity index (χ4n) is 2.83. The van der Waals surface area contributed by atoms with E-state index in [0.29, 0.717) is 5.56 Å². The number of amides is 2. The third-order valence-electron chi connectivity index (χ3n) is 4.68. The quantitative estimate of drug-likeness (QED) is 0.573. The predicted molar refractivity (Wildman–Crippen MR) is 116 cm³/mol. The van der Waals surface area contributed by atoms with Crippen molar-refractivity contribution < 1.29 is 26.5 Å². The first-order valence-electron chi connectivity index (χ1n) is 10.0. The zero-order valence-electron chi connectivity index (χ0n) is 18.4. The van der Waals surface area contributed by atoms with Gasteiger partial charge in [0, 0.05) is 18.6 Å². The van der Waals surface area contributed by atoms with Crippen LogP contribution in [0, 0.1) is 5.82 Å². The van der Waals surface area contributed by atoms with Crippen molar-refractivity contribution >= 4 is 16.1 Å². The largest absolute Gasteiger partial charge is 0.493 e. The number of benzene rings is 2. The van der Waals surface area contributed by atoms with Crippen LogP contribution in [0.3, 0.4) is 0 Å². The Bertz CT molecular complexity index is 993. The second-order valence-electron chi connectivity index (χ2n) is 7.47. The Morgan fingerprint density at radius 3 is 2.29 bits per heavy atom. The van der Waals surface area contributed by atoms with Gasteiger partial charge in [-0.3, -0.25) is 0 Å². The number of carbonyl (C=O) groups excluding carboxylic acids is 1. The topological polar surface area (TPSA) is 84.9 Å². The molecule has 1 N–H and O–H groups in total. The van der Waals surface area contributed by atoms with Gasteiger partial charge in [-0.05, 0) is 69.2 Å². The van der Waals surface area contributed by atoms with Crippen LogP contribution < -0.4 is 14.2 Å². The lowest BCUT2D eigenvalue weighted by Crippen LogP contribution is -2.46. The SMILES string of the molecule is CC[C@@H](C)N(Cc1ccc(OC)c(OS(=O)(=O)c2ccc(F)cc2)c1)C(=O)NC(C)C. The van der Waals surface area contributed by atoms with E-state index in [-0.39, 0.29) is 41.1 Å². The maximum Gasteiger partial charge on any atom is 0.339 e. The van der Waals surface area contributed by atoms with Gasteiger partial charge in [-0.2, -0.15) is 8.42 Å². The molecule has 2 rings (SSSR count). The molecule has 7 nitrogen and oxygen atoms in total. The minimum atomic E-state index is -4.20. The van der Waals surface area contributed by atoms with Crippen LogP contribution in [-0.2, 0) is 16.7 Å². The molecule has 0 aliphatic carbocycles. The van der Waals surface area contributed by atoms with Gasteiger partial charge in [0.2, 0.25) is 0 Å². The highest BCUT2D eigenvalue weighted by Crippen LogP contribution is 2.31. The summed E-state index contributed by atoms with van der Waals surface area (Å²) in [6.45, 7) is 7.95. The van der Waals surface area contributed by atoms with Gasteiger partial charge >= 0.3 is 16.1 Å². The van der Waals surface area contributed by atoms with E-state index in [9.17, 15) is 17.6 Å². The van der Waals surface area contributed by atoms with Crippen molar-refractivity contribution in [1.82, 2.24) is 10.2 Å². The Morgan fingerprint density at radius 2 is 1.74 bits per heavy atom. The van der Waals surface area contributed by atoms with E-state index in [1.807, 2.05) is 27.7 Å². The van der Waals surface area contributed by atoms with Crippen LogP contribution in [0.5, 0.6) is 11.5 Å². The zero-order valence-corrected chi connectivity index (χ0v) is 19.2. The van der Waals surface area contributed by atoms with E-state index in [1.54, 1.807) is 17.0 Å². The van der Waals surface area contributed by atoms with Crippen LogP contribution in [0.25, 0.3) is 0 Å². The third kappa shape index (κ3) is 6.58. The minimum Gasteiger partial charge on any atom is -0.493 e. The summed E-state index contributed by atoms with van der Waals surface area (Å²) in [7, 11) is -2.80. The molecule has 9 heteroatoms. The number of ether oxygens (including phenoxy) is 1. The van der Waals surface area contributed by atoms with Crippen LogP contribution in [0.2, 0.25) is 0 Å². The molecule has 0 radical (unpaired) electrons.